The summed E-state index contributed by atoms with van der Waals surface area (Å²) >= 11 is 9.19. The maximum atomic E-state index is 11.9. The Morgan fingerprint density at radius 3 is 2.96 bits per heavy atom. The van der Waals surface area contributed by atoms with E-state index in [-0.39, 0.29) is 0 Å². The molecule has 0 amide bonds. The van der Waals surface area contributed by atoms with Crippen LogP contribution in [0.5, 0.6) is 0 Å². The van der Waals surface area contributed by atoms with Gasteiger partial charge < -0.3 is 10.3 Å². The Morgan fingerprint density at radius 1 is 1.33 bits per heavy atom. The van der Waals surface area contributed by atoms with Gasteiger partial charge in [0.1, 0.15) is 6.33 Å². The molecule has 0 fully saturated rings. The van der Waals surface area contributed by atoms with Crippen LogP contribution in [-0.4, -0.2) is 40.2 Å². The van der Waals surface area contributed by atoms with Gasteiger partial charge in [-0.2, -0.15) is 0 Å². The molecule has 27 heavy (non-hydrogen) atoms. The number of rotatable bonds is 6. The van der Waals surface area contributed by atoms with E-state index in [1.165, 1.54) is 29.4 Å². The molecule has 3 heterocycles. The first-order chi connectivity index (χ1) is 13.1. The SMILES string of the molecule is CCS(=O)CCn1c(Sc2nc3cccc(Cl)c3s2)nc2c(N)ncnc21. The standard InChI is InChI=1S/C16H15ClN6OS3/c1-2-27(24)7-6-23-14-11(13(18)19-8-20-14)22-15(23)26-16-21-10-5-3-4-9(17)12(10)25-16/h3-5,8H,2,6-7H2,1H3,(H2,18,19,20). The Morgan fingerprint density at radius 2 is 2.19 bits per heavy atom. The molecule has 3 aromatic heterocycles. The van der Waals surface area contributed by atoms with E-state index in [1.807, 2.05) is 29.7 Å². The number of aromatic nitrogens is 5. The minimum Gasteiger partial charge on any atom is -0.382 e. The van der Waals surface area contributed by atoms with Gasteiger partial charge >= 0.3 is 0 Å². The normalized spacial score (nSPS) is 12.8. The van der Waals surface area contributed by atoms with Crippen molar-refractivity contribution in [2.45, 2.75) is 23.0 Å². The topological polar surface area (TPSA) is 99.6 Å². The predicted octanol–water partition coefficient (Wildman–Crippen LogP) is 3.59. The minimum absolute atomic E-state index is 0.324. The molecule has 1 atom stereocenters. The molecule has 0 radical (unpaired) electrons. The van der Waals surface area contributed by atoms with Gasteiger partial charge in [0, 0.05) is 28.9 Å². The lowest BCUT2D eigenvalue weighted by molar-refractivity contribution is 0.662. The molecule has 0 bridgehead atoms. The molecule has 1 unspecified atom stereocenters. The van der Waals surface area contributed by atoms with Gasteiger partial charge in [0.15, 0.2) is 26.5 Å². The second-order valence-corrected chi connectivity index (χ2v) is 10.1. The largest absolute Gasteiger partial charge is 0.382 e. The highest BCUT2D eigenvalue weighted by Gasteiger charge is 2.18. The van der Waals surface area contributed by atoms with Crippen LogP contribution in [-0.2, 0) is 17.3 Å². The number of hydrogen-bond donors (Lipinski definition) is 1. The summed E-state index contributed by atoms with van der Waals surface area (Å²) < 4.78 is 15.6. The van der Waals surface area contributed by atoms with Crippen LogP contribution in [0.3, 0.4) is 0 Å². The van der Waals surface area contributed by atoms with E-state index >= 15 is 0 Å². The van der Waals surface area contributed by atoms with Gasteiger partial charge in [-0.1, -0.05) is 24.6 Å². The van der Waals surface area contributed by atoms with E-state index in [0.717, 1.165) is 14.6 Å². The van der Waals surface area contributed by atoms with Gasteiger partial charge in [0.05, 0.1) is 15.2 Å². The molecule has 1 aromatic carbocycles. The van der Waals surface area contributed by atoms with Gasteiger partial charge in [0.25, 0.3) is 0 Å². The summed E-state index contributed by atoms with van der Waals surface area (Å²) in [5, 5.41) is 1.37. The zero-order valence-corrected chi connectivity index (χ0v) is 17.5. The van der Waals surface area contributed by atoms with E-state index in [2.05, 4.69) is 19.9 Å². The van der Waals surface area contributed by atoms with Crippen molar-refractivity contribution in [1.82, 2.24) is 24.5 Å². The molecule has 0 saturated heterocycles. The molecule has 0 aliphatic carbocycles. The fraction of sp³-hybridized carbons (Fsp3) is 0.250. The van der Waals surface area contributed by atoms with Gasteiger partial charge in [-0.05, 0) is 23.9 Å². The molecule has 0 aliphatic rings. The average Bonchev–Trinajstić information content (AvgIpc) is 3.22. The van der Waals surface area contributed by atoms with Crippen LogP contribution in [0, 0.1) is 0 Å². The second kappa shape index (κ2) is 7.70. The molecule has 0 saturated carbocycles. The number of nitrogens with two attached hydrogens (primary N) is 1. The van der Waals surface area contributed by atoms with E-state index in [9.17, 15) is 4.21 Å². The van der Waals surface area contributed by atoms with Crippen LogP contribution in [0.25, 0.3) is 21.4 Å². The Balaban J connectivity index is 1.75. The summed E-state index contributed by atoms with van der Waals surface area (Å²) in [6.45, 7) is 2.43. The number of halogens is 1. The van der Waals surface area contributed by atoms with Crippen LogP contribution in [0.2, 0.25) is 5.02 Å². The van der Waals surface area contributed by atoms with Crippen molar-refractivity contribution in [3.05, 3.63) is 29.5 Å². The van der Waals surface area contributed by atoms with E-state index in [1.54, 1.807) is 0 Å². The van der Waals surface area contributed by atoms with Gasteiger partial charge in [0.2, 0.25) is 0 Å². The Labute approximate surface area is 170 Å². The molecule has 4 aromatic rings. The van der Waals surface area contributed by atoms with E-state index < -0.39 is 10.8 Å². The number of imidazole rings is 1. The number of nitrogens with zero attached hydrogens (tertiary/aromatic N) is 5. The van der Waals surface area contributed by atoms with E-state index in [4.69, 9.17) is 17.3 Å². The summed E-state index contributed by atoms with van der Waals surface area (Å²) in [7, 11) is -0.893. The van der Waals surface area contributed by atoms with Crippen LogP contribution in [0.1, 0.15) is 6.92 Å². The third kappa shape index (κ3) is 3.66. The number of anilines is 1. The zero-order chi connectivity index (χ0) is 19.0. The highest BCUT2D eigenvalue weighted by molar-refractivity contribution is 8.01. The smallest absolute Gasteiger partial charge is 0.177 e. The van der Waals surface area contributed by atoms with Crippen molar-refractivity contribution in [1.29, 1.82) is 0 Å². The molecule has 7 nitrogen and oxygen atoms in total. The fourth-order valence-electron chi connectivity index (χ4n) is 2.57. The molecule has 0 aliphatic heterocycles. The zero-order valence-electron chi connectivity index (χ0n) is 14.3. The summed E-state index contributed by atoms with van der Waals surface area (Å²) in [6.07, 6.45) is 1.42. The van der Waals surface area contributed by atoms with Crippen LogP contribution < -0.4 is 5.73 Å². The summed E-state index contributed by atoms with van der Waals surface area (Å²) in [5.74, 6) is 1.46. The number of nitrogen functional groups attached to an aromatic ring is 1. The first-order valence-electron chi connectivity index (χ1n) is 8.11. The number of fused-ring (bicyclic) bond motifs is 2. The van der Waals surface area contributed by atoms with Crippen molar-refractivity contribution in [3.8, 4) is 0 Å². The van der Waals surface area contributed by atoms with Crippen LogP contribution in [0.15, 0.2) is 34.0 Å². The first-order valence-corrected chi connectivity index (χ1v) is 11.6. The molecule has 4 rings (SSSR count). The number of benzene rings is 1. The van der Waals surface area contributed by atoms with Crippen LogP contribution >= 0.6 is 34.7 Å². The van der Waals surface area contributed by atoms with Crippen molar-refractivity contribution in [2.75, 3.05) is 17.2 Å². The Bertz CT molecular complexity index is 1160. The maximum Gasteiger partial charge on any atom is 0.177 e. The summed E-state index contributed by atoms with van der Waals surface area (Å²) in [4.78, 5) is 17.6. The Kier molecular flexibility index (Phi) is 5.31. The quantitative estimate of drug-likeness (QED) is 0.491. The molecule has 11 heteroatoms. The molecular formula is C16H15ClN6OS3. The predicted molar refractivity (Wildman–Crippen MR) is 112 cm³/mol. The molecular weight excluding hydrogens is 424 g/mol. The lowest BCUT2D eigenvalue weighted by Crippen LogP contribution is -2.10. The van der Waals surface area contributed by atoms with Crippen molar-refractivity contribution >= 4 is 72.7 Å². The number of thiazole rings is 1. The average molecular weight is 439 g/mol. The Hall–Kier alpha value is -1.75. The number of hydrogen-bond acceptors (Lipinski definition) is 8. The molecule has 0 spiro atoms. The van der Waals surface area contributed by atoms with Gasteiger partial charge in [-0.15, -0.1) is 11.3 Å². The van der Waals surface area contributed by atoms with Crippen molar-refractivity contribution in [3.63, 3.8) is 0 Å². The summed E-state index contributed by atoms with van der Waals surface area (Å²) in [5.41, 5.74) is 8.00. The lowest BCUT2D eigenvalue weighted by atomic mass is 10.3. The monoisotopic (exact) mass is 438 g/mol. The first kappa shape index (κ1) is 18.6. The highest BCUT2D eigenvalue weighted by Crippen LogP contribution is 2.38. The van der Waals surface area contributed by atoms with Gasteiger partial charge in [-0.25, -0.2) is 19.9 Å². The molecule has 2 N–H and O–H groups in total. The van der Waals surface area contributed by atoms with E-state index in [0.29, 0.717) is 45.2 Å². The second-order valence-electron chi connectivity index (χ2n) is 5.58. The van der Waals surface area contributed by atoms with Crippen molar-refractivity contribution < 1.29 is 4.21 Å². The van der Waals surface area contributed by atoms with Crippen molar-refractivity contribution in [2.24, 2.45) is 0 Å². The third-order valence-corrected chi connectivity index (χ3v) is 7.78. The highest BCUT2D eigenvalue weighted by atomic mass is 35.5. The lowest BCUT2D eigenvalue weighted by Gasteiger charge is -2.06. The molecule has 140 valence electrons. The third-order valence-electron chi connectivity index (χ3n) is 3.92. The number of aryl methyl sites for hydroxylation is 1. The maximum absolute atomic E-state index is 11.9. The minimum atomic E-state index is -0.893. The van der Waals surface area contributed by atoms with Gasteiger partial charge in [-0.3, -0.25) is 4.21 Å². The summed E-state index contributed by atoms with van der Waals surface area (Å²) in [6, 6.07) is 5.66. The van der Waals surface area contributed by atoms with Crippen LogP contribution in [0.4, 0.5) is 5.82 Å². The fourth-order valence-corrected chi connectivity index (χ4v) is 5.60.